The minimum Gasteiger partial charge on any atom is -0.333 e. The van der Waals surface area contributed by atoms with Gasteiger partial charge in [-0.1, -0.05) is 5.16 Å². The number of pyridine rings is 1. The summed E-state index contributed by atoms with van der Waals surface area (Å²) < 4.78 is 6.92. The van der Waals surface area contributed by atoms with Crippen LogP contribution in [0.5, 0.6) is 0 Å². The molecule has 0 saturated carbocycles. The average molecular weight is 376 g/mol. The zero-order chi connectivity index (χ0) is 19.5. The third kappa shape index (κ3) is 3.11. The van der Waals surface area contributed by atoms with Crippen molar-refractivity contribution in [2.75, 3.05) is 11.4 Å². The molecule has 10 heteroatoms. The number of rotatable bonds is 5. The molecule has 10 nitrogen and oxygen atoms in total. The molecule has 28 heavy (non-hydrogen) atoms. The van der Waals surface area contributed by atoms with Gasteiger partial charge in [-0.3, -0.25) is 9.78 Å². The van der Waals surface area contributed by atoms with Gasteiger partial charge in [0.05, 0.1) is 36.0 Å². The van der Waals surface area contributed by atoms with Gasteiger partial charge in [0.2, 0.25) is 5.82 Å². The molecule has 4 aromatic rings. The van der Waals surface area contributed by atoms with Crippen molar-refractivity contribution in [3.63, 3.8) is 0 Å². The summed E-state index contributed by atoms with van der Waals surface area (Å²) in [4.78, 5) is 27.4. The van der Waals surface area contributed by atoms with Crippen LogP contribution >= 0.6 is 0 Å². The van der Waals surface area contributed by atoms with Crippen molar-refractivity contribution in [2.24, 2.45) is 7.05 Å². The highest BCUT2D eigenvalue weighted by atomic mass is 16.5. The van der Waals surface area contributed by atoms with Gasteiger partial charge in [-0.15, -0.1) is 0 Å². The fourth-order valence-electron chi connectivity index (χ4n) is 2.76. The van der Waals surface area contributed by atoms with Crippen molar-refractivity contribution in [3.8, 4) is 23.1 Å². The first kappa shape index (κ1) is 17.5. The second kappa shape index (κ2) is 7.35. The van der Waals surface area contributed by atoms with Crippen LogP contribution in [-0.2, 0) is 7.05 Å². The lowest BCUT2D eigenvalue weighted by Gasteiger charge is -2.20. The fraction of sp³-hybridized carbons (Fsp3) is 0.167. The van der Waals surface area contributed by atoms with Crippen molar-refractivity contribution in [1.29, 1.82) is 0 Å². The molecule has 0 saturated heterocycles. The second-order valence-electron chi connectivity index (χ2n) is 5.84. The van der Waals surface area contributed by atoms with E-state index >= 15 is 0 Å². The van der Waals surface area contributed by atoms with Gasteiger partial charge in [-0.25, -0.2) is 4.98 Å². The largest absolute Gasteiger partial charge is 0.333 e. The Labute approximate surface area is 159 Å². The minimum atomic E-state index is -0.196. The highest BCUT2D eigenvalue weighted by Crippen LogP contribution is 2.22. The highest BCUT2D eigenvalue weighted by molar-refractivity contribution is 6.05. The summed E-state index contributed by atoms with van der Waals surface area (Å²) in [7, 11) is 1.73. The summed E-state index contributed by atoms with van der Waals surface area (Å²) in [5.74, 6) is 0.797. The Hall–Kier alpha value is -3.95. The molecule has 0 aliphatic carbocycles. The first-order valence-electron chi connectivity index (χ1n) is 8.53. The zero-order valence-corrected chi connectivity index (χ0v) is 15.2. The van der Waals surface area contributed by atoms with Gasteiger partial charge < -0.3 is 14.0 Å². The molecular formula is C18H16N8O2. The van der Waals surface area contributed by atoms with Crippen LogP contribution in [0.2, 0.25) is 0 Å². The van der Waals surface area contributed by atoms with E-state index in [0.717, 1.165) is 0 Å². The maximum absolute atomic E-state index is 13.0. The van der Waals surface area contributed by atoms with Crippen LogP contribution < -0.4 is 4.90 Å². The van der Waals surface area contributed by atoms with E-state index in [1.807, 2.05) is 13.0 Å². The van der Waals surface area contributed by atoms with Crippen LogP contribution in [0.1, 0.15) is 17.4 Å². The number of amides is 1. The first-order valence-corrected chi connectivity index (χ1v) is 8.53. The number of hydrogen-bond donors (Lipinski definition) is 0. The summed E-state index contributed by atoms with van der Waals surface area (Å²) >= 11 is 0. The predicted octanol–water partition coefficient (Wildman–Crippen LogP) is 1.99. The molecule has 0 aromatic carbocycles. The van der Waals surface area contributed by atoms with E-state index in [0.29, 0.717) is 35.2 Å². The monoisotopic (exact) mass is 376 g/mol. The third-order valence-corrected chi connectivity index (χ3v) is 4.18. The Bertz CT molecular complexity index is 1090. The van der Waals surface area contributed by atoms with E-state index in [1.165, 1.54) is 18.6 Å². The summed E-state index contributed by atoms with van der Waals surface area (Å²) in [5.41, 5.74) is 1.76. The van der Waals surface area contributed by atoms with Gasteiger partial charge in [0.25, 0.3) is 11.8 Å². The van der Waals surface area contributed by atoms with Crippen molar-refractivity contribution in [3.05, 3.63) is 54.9 Å². The number of hydrogen-bond acceptors (Lipinski definition) is 8. The van der Waals surface area contributed by atoms with E-state index in [-0.39, 0.29) is 11.7 Å². The molecule has 0 unspecified atom stereocenters. The van der Waals surface area contributed by atoms with Crippen molar-refractivity contribution in [1.82, 2.24) is 34.9 Å². The standard InChI is InChI=1S/C18H16N8O2/c1-3-26(13-5-4-7-19-10-13)18(27)14-11-20-16(25(14)2)15-23-17(28-24-15)12-6-8-21-22-9-12/h4-11H,3H2,1-2H3. The summed E-state index contributed by atoms with van der Waals surface area (Å²) in [6, 6.07) is 5.33. The van der Waals surface area contributed by atoms with Gasteiger partial charge in [-0.2, -0.15) is 15.2 Å². The van der Waals surface area contributed by atoms with Gasteiger partial charge in [0.15, 0.2) is 5.82 Å². The quantitative estimate of drug-likeness (QED) is 0.519. The maximum atomic E-state index is 13.0. The summed E-state index contributed by atoms with van der Waals surface area (Å²) in [5, 5.41) is 11.5. The Morgan fingerprint density at radius 3 is 2.79 bits per heavy atom. The van der Waals surface area contributed by atoms with Gasteiger partial charge >= 0.3 is 0 Å². The molecule has 0 radical (unpaired) electrons. The lowest BCUT2D eigenvalue weighted by Crippen LogP contribution is -2.32. The van der Waals surface area contributed by atoms with Crippen LogP contribution in [0.4, 0.5) is 5.69 Å². The Kier molecular flexibility index (Phi) is 4.58. The van der Waals surface area contributed by atoms with Crippen LogP contribution in [0.25, 0.3) is 23.1 Å². The molecule has 0 atom stereocenters. The van der Waals surface area contributed by atoms with Crippen molar-refractivity contribution < 1.29 is 9.32 Å². The Morgan fingerprint density at radius 1 is 1.18 bits per heavy atom. The summed E-state index contributed by atoms with van der Waals surface area (Å²) in [6.07, 6.45) is 7.87. The number of carbonyl (C=O) groups is 1. The van der Waals surface area contributed by atoms with Gasteiger partial charge in [0, 0.05) is 19.8 Å². The maximum Gasteiger partial charge on any atom is 0.276 e. The zero-order valence-electron chi connectivity index (χ0n) is 15.2. The molecule has 4 heterocycles. The fourth-order valence-corrected chi connectivity index (χ4v) is 2.76. The molecule has 0 N–H and O–H groups in total. The van der Waals surface area contributed by atoms with E-state index in [1.54, 1.807) is 41.0 Å². The van der Waals surface area contributed by atoms with Crippen molar-refractivity contribution >= 4 is 11.6 Å². The Balaban J connectivity index is 1.65. The Morgan fingerprint density at radius 2 is 2.07 bits per heavy atom. The minimum absolute atomic E-state index is 0.196. The molecule has 0 bridgehead atoms. The number of nitrogens with zero attached hydrogens (tertiary/aromatic N) is 8. The molecule has 4 aromatic heterocycles. The van der Waals surface area contributed by atoms with Crippen molar-refractivity contribution in [2.45, 2.75) is 6.92 Å². The molecule has 0 spiro atoms. The molecule has 0 fully saturated rings. The number of anilines is 1. The smallest absolute Gasteiger partial charge is 0.276 e. The average Bonchev–Trinajstić information content (AvgIpc) is 3.37. The van der Waals surface area contributed by atoms with E-state index in [4.69, 9.17) is 4.52 Å². The lowest BCUT2D eigenvalue weighted by molar-refractivity contribution is 0.0980. The normalized spacial score (nSPS) is 10.8. The molecule has 4 rings (SSSR count). The van der Waals surface area contributed by atoms with Crippen LogP contribution in [-0.4, -0.2) is 47.3 Å². The predicted molar refractivity (Wildman–Crippen MR) is 99.1 cm³/mol. The third-order valence-electron chi connectivity index (χ3n) is 4.18. The molecular weight excluding hydrogens is 360 g/mol. The van der Waals surface area contributed by atoms with Gasteiger partial charge in [-0.05, 0) is 25.1 Å². The number of imidazole rings is 1. The number of carbonyl (C=O) groups excluding carboxylic acids is 1. The highest BCUT2D eigenvalue weighted by Gasteiger charge is 2.23. The lowest BCUT2D eigenvalue weighted by atomic mass is 10.3. The van der Waals surface area contributed by atoms with E-state index in [9.17, 15) is 4.79 Å². The SMILES string of the molecule is CCN(C(=O)c1cnc(-c2noc(-c3ccnnc3)n2)n1C)c1cccnc1. The molecule has 0 aliphatic heterocycles. The number of aromatic nitrogens is 7. The topological polar surface area (TPSA) is 116 Å². The van der Waals surface area contributed by atoms with E-state index in [2.05, 4.69) is 30.3 Å². The van der Waals surface area contributed by atoms with E-state index < -0.39 is 0 Å². The first-order chi connectivity index (χ1) is 13.7. The molecule has 1 amide bonds. The molecule has 140 valence electrons. The van der Waals surface area contributed by atoms with Crippen LogP contribution in [0.3, 0.4) is 0 Å². The van der Waals surface area contributed by atoms with Crippen LogP contribution in [0.15, 0.2) is 53.7 Å². The van der Waals surface area contributed by atoms with Gasteiger partial charge in [0.1, 0.15) is 5.69 Å². The summed E-state index contributed by atoms with van der Waals surface area (Å²) in [6.45, 7) is 2.39. The molecule has 0 aliphatic rings. The second-order valence-corrected chi connectivity index (χ2v) is 5.84. The van der Waals surface area contributed by atoms with Crippen LogP contribution in [0, 0.1) is 0 Å².